The number of nitrogens with zero attached hydrogens (tertiary/aromatic N) is 5. The Hall–Kier alpha value is -4.89. The second-order valence-electron chi connectivity index (χ2n) is 12.4. The van der Waals surface area contributed by atoms with Crippen LogP contribution in [0, 0.1) is 17.2 Å². The molecule has 0 radical (unpaired) electrons. The molecular weight excluding hydrogens is 570 g/mol. The summed E-state index contributed by atoms with van der Waals surface area (Å²) in [6, 6.07) is 13.3. The van der Waals surface area contributed by atoms with Gasteiger partial charge < -0.3 is 20.9 Å². The average Bonchev–Trinajstić information content (AvgIpc) is 3.98. The average molecular weight is 606 g/mol. The van der Waals surface area contributed by atoms with Gasteiger partial charge in [0.15, 0.2) is 5.82 Å². The quantitative estimate of drug-likeness (QED) is 0.266. The third kappa shape index (κ3) is 4.97. The van der Waals surface area contributed by atoms with Gasteiger partial charge in [-0.3, -0.25) is 14.4 Å². The summed E-state index contributed by atoms with van der Waals surface area (Å²) in [5.74, 6) is 0.401. The molecule has 3 aromatic rings. The number of tetrazole rings is 1. The SMILES string of the molecule is CNC(=O)c1ccc2c(c1)CCc1cc(C(=O)NC)ccc1C2(C[C@H](NCC(=O)N1C(C#N)CC2=C[C@@H]21)C1CC1)c1nn[nH]n1. The van der Waals surface area contributed by atoms with E-state index in [0.717, 1.165) is 35.1 Å². The van der Waals surface area contributed by atoms with Crippen molar-refractivity contribution in [1.29, 1.82) is 5.26 Å². The largest absolute Gasteiger partial charge is 0.355 e. The summed E-state index contributed by atoms with van der Waals surface area (Å²) in [4.78, 5) is 40.6. The molecule has 1 unspecified atom stereocenters. The van der Waals surface area contributed by atoms with E-state index in [1.54, 1.807) is 19.0 Å². The van der Waals surface area contributed by atoms with Crippen LogP contribution in [0.1, 0.15) is 74.5 Å². The highest BCUT2D eigenvalue weighted by Crippen LogP contribution is 2.49. The molecule has 7 rings (SSSR count). The number of nitriles is 1. The minimum atomic E-state index is -0.895. The first-order chi connectivity index (χ1) is 21.9. The van der Waals surface area contributed by atoms with E-state index in [2.05, 4.69) is 48.7 Å². The Morgan fingerprint density at radius 1 is 1.04 bits per heavy atom. The number of H-pyrrole nitrogens is 1. The maximum atomic E-state index is 13.5. The lowest BCUT2D eigenvalue weighted by Gasteiger charge is -2.37. The number of carbonyl (C=O) groups excluding carboxylic acids is 3. The first kappa shape index (κ1) is 28.9. The van der Waals surface area contributed by atoms with Gasteiger partial charge in [-0.2, -0.15) is 10.5 Å². The van der Waals surface area contributed by atoms with Gasteiger partial charge in [0.1, 0.15) is 6.04 Å². The fourth-order valence-electron chi connectivity index (χ4n) is 7.41. The second-order valence-corrected chi connectivity index (χ2v) is 12.4. The molecule has 2 aromatic carbocycles. The third-order valence-electron chi connectivity index (χ3n) is 9.88. The van der Waals surface area contributed by atoms with E-state index in [4.69, 9.17) is 0 Å². The smallest absolute Gasteiger partial charge is 0.251 e. The molecular formula is C33H35N9O3. The molecule has 2 heterocycles. The zero-order chi connectivity index (χ0) is 31.3. The highest BCUT2D eigenvalue weighted by molar-refractivity contribution is 5.95. The lowest BCUT2D eigenvalue weighted by Crippen LogP contribution is -2.48. The summed E-state index contributed by atoms with van der Waals surface area (Å²) in [5.41, 5.74) is 5.32. The van der Waals surface area contributed by atoms with Crippen molar-refractivity contribution in [3.63, 3.8) is 0 Å². The molecule has 1 saturated carbocycles. The Labute approximate surface area is 260 Å². The molecule has 12 heteroatoms. The van der Waals surface area contributed by atoms with Crippen LogP contribution in [-0.4, -0.2) is 82.0 Å². The fraction of sp³-hybridized carbons (Fsp3) is 0.424. The topological polar surface area (TPSA) is 169 Å². The predicted molar refractivity (Wildman–Crippen MR) is 163 cm³/mol. The van der Waals surface area contributed by atoms with Crippen molar-refractivity contribution in [3.05, 3.63) is 87.3 Å². The monoisotopic (exact) mass is 605 g/mol. The van der Waals surface area contributed by atoms with Gasteiger partial charge in [0, 0.05) is 37.7 Å². The van der Waals surface area contributed by atoms with Gasteiger partial charge in [0.25, 0.3) is 11.8 Å². The summed E-state index contributed by atoms with van der Waals surface area (Å²) >= 11 is 0. The first-order valence-electron chi connectivity index (χ1n) is 15.5. The van der Waals surface area contributed by atoms with Gasteiger partial charge in [0.2, 0.25) is 5.91 Å². The van der Waals surface area contributed by atoms with E-state index < -0.39 is 11.5 Å². The van der Waals surface area contributed by atoms with Crippen molar-refractivity contribution < 1.29 is 14.4 Å². The molecule has 3 atom stereocenters. The van der Waals surface area contributed by atoms with E-state index in [1.807, 2.05) is 36.4 Å². The number of aromatic amines is 1. The number of carbonyl (C=O) groups is 3. The molecule has 45 heavy (non-hydrogen) atoms. The van der Waals surface area contributed by atoms with E-state index in [-0.39, 0.29) is 36.3 Å². The number of likely N-dealkylation sites (tertiary alicyclic amines) is 1. The molecule has 3 amide bonds. The zero-order valence-electron chi connectivity index (χ0n) is 25.3. The van der Waals surface area contributed by atoms with Gasteiger partial charge in [-0.25, -0.2) is 0 Å². The summed E-state index contributed by atoms with van der Waals surface area (Å²) < 4.78 is 0. The summed E-state index contributed by atoms with van der Waals surface area (Å²) in [6.07, 6.45) is 6.54. The fourth-order valence-corrected chi connectivity index (χ4v) is 7.41. The summed E-state index contributed by atoms with van der Waals surface area (Å²) in [7, 11) is 3.23. The van der Waals surface area contributed by atoms with E-state index >= 15 is 0 Å². The lowest BCUT2D eigenvalue weighted by molar-refractivity contribution is -0.131. The number of aromatic nitrogens is 4. The first-order valence-corrected chi connectivity index (χ1v) is 15.5. The molecule has 1 aromatic heterocycles. The predicted octanol–water partition coefficient (Wildman–Crippen LogP) is 1.54. The van der Waals surface area contributed by atoms with Gasteiger partial charge in [-0.1, -0.05) is 23.4 Å². The second kappa shape index (κ2) is 11.2. The molecule has 3 aliphatic carbocycles. The van der Waals surface area contributed by atoms with Crippen LogP contribution in [0.3, 0.4) is 0 Å². The number of fused-ring (bicyclic) bond motifs is 3. The minimum Gasteiger partial charge on any atom is -0.355 e. The van der Waals surface area contributed by atoms with Crippen LogP contribution in [-0.2, 0) is 23.1 Å². The number of nitrogens with one attached hydrogen (secondary N) is 4. The maximum Gasteiger partial charge on any atom is 0.251 e. The highest BCUT2D eigenvalue weighted by Gasteiger charge is 2.50. The Kier molecular flexibility index (Phi) is 7.20. The van der Waals surface area contributed by atoms with Gasteiger partial charge in [-0.05, 0) is 90.1 Å². The summed E-state index contributed by atoms with van der Waals surface area (Å²) in [6.45, 7) is 0.115. The number of hydrogen-bond donors (Lipinski definition) is 4. The van der Waals surface area contributed by atoms with Gasteiger partial charge in [0.05, 0.1) is 24.1 Å². The molecule has 0 spiro atoms. The third-order valence-corrected chi connectivity index (χ3v) is 9.88. The molecule has 1 saturated heterocycles. The van der Waals surface area contributed by atoms with Crippen molar-refractivity contribution in [2.45, 2.75) is 62.1 Å². The van der Waals surface area contributed by atoms with Crippen LogP contribution in [0.15, 0.2) is 48.0 Å². The number of hydrogen-bond acceptors (Lipinski definition) is 8. The normalized spacial score (nSPS) is 21.3. The molecule has 4 N–H and O–H groups in total. The molecule has 0 bridgehead atoms. The minimum absolute atomic E-state index is 0.0151. The molecule has 4 aliphatic rings. The van der Waals surface area contributed by atoms with Crippen LogP contribution < -0.4 is 16.0 Å². The Bertz CT molecular complexity index is 1690. The van der Waals surface area contributed by atoms with Crippen LogP contribution in [0.4, 0.5) is 0 Å². The zero-order valence-corrected chi connectivity index (χ0v) is 25.3. The number of amides is 3. The van der Waals surface area contributed by atoms with Crippen LogP contribution in [0.5, 0.6) is 0 Å². The van der Waals surface area contributed by atoms with Crippen LogP contribution in [0.2, 0.25) is 0 Å². The van der Waals surface area contributed by atoms with Gasteiger partial charge in [-0.15, -0.1) is 10.2 Å². The maximum absolute atomic E-state index is 13.5. The molecule has 12 nitrogen and oxygen atoms in total. The van der Waals surface area contributed by atoms with Crippen molar-refractivity contribution >= 4 is 17.7 Å². The molecule has 2 fully saturated rings. The van der Waals surface area contributed by atoms with Crippen molar-refractivity contribution in [2.24, 2.45) is 5.92 Å². The molecule has 230 valence electrons. The standard InChI is InChI=1S/C33H35N9O3/c1-35-30(44)21-7-9-25-19(11-21)5-6-20-12-22(31(45)36-2)8-10-26(20)33(25,32-38-40-41-39-32)15-27(18-3-4-18)37-17-29(43)42-24(16-34)13-23-14-28(23)42/h7-12,14,18,24,27-28,37H,3-6,13,15,17H2,1-2H3,(H,35,44)(H,36,45)(H,38,39,40,41)/t24?,27-,28-/m0/s1. The lowest BCUT2D eigenvalue weighted by atomic mass is 9.67. The summed E-state index contributed by atoms with van der Waals surface area (Å²) in [5, 5.41) is 34.5. The molecule has 1 aliphatic heterocycles. The van der Waals surface area contributed by atoms with Crippen LogP contribution in [0.25, 0.3) is 0 Å². The highest BCUT2D eigenvalue weighted by atomic mass is 16.2. The van der Waals surface area contributed by atoms with E-state index in [0.29, 0.717) is 48.6 Å². The Balaban J connectivity index is 1.32. The number of aryl methyl sites for hydroxylation is 2. The van der Waals surface area contributed by atoms with Crippen molar-refractivity contribution in [1.82, 2.24) is 41.5 Å². The van der Waals surface area contributed by atoms with E-state index in [1.165, 1.54) is 5.57 Å². The number of benzene rings is 2. The van der Waals surface area contributed by atoms with Crippen molar-refractivity contribution in [2.75, 3.05) is 20.6 Å². The number of rotatable bonds is 9. The van der Waals surface area contributed by atoms with Gasteiger partial charge >= 0.3 is 0 Å². The Morgan fingerprint density at radius 3 is 2.22 bits per heavy atom. The Morgan fingerprint density at radius 2 is 1.69 bits per heavy atom. The van der Waals surface area contributed by atoms with Crippen LogP contribution >= 0.6 is 0 Å². The van der Waals surface area contributed by atoms with E-state index in [9.17, 15) is 19.6 Å². The van der Waals surface area contributed by atoms with Crippen molar-refractivity contribution in [3.8, 4) is 6.07 Å².